The molecule has 1 aliphatic rings. The third kappa shape index (κ3) is 5.26. The lowest BCUT2D eigenvalue weighted by atomic mass is 10.2. The molecule has 32 heavy (non-hydrogen) atoms. The Morgan fingerprint density at radius 2 is 1.94 bits per heavy atom. The van der Waals surface area contributed by atoms with E-state index in [1.807, 2.05) is 0 Å². The fourth-order valence-electron chi connectivity index (χ4n) is 3.03. The summed E-state index contributed by atoms with van der Waals surface area (Å²) < 4.78 is 4.98. The molecule has 2 N–H and O–H groups in total. The zero-order chi connectivity index (χ0) is 23.3. The molecule has 0 aliphatic carbocycles. The van der Waals surface area contributed by atoms with Crippen LogP contribution in [0.1, 0.15) is 17.3 Å². The molecule has 0 radical (unpaired) electrons. The Labute approximate surface area is 192 Å². The molecule has 14 heteroatoms. The molecule has 3 rings (SSSR count). The molecule has 1 aromatic heterocycles. The largest absolute Gasteiger partial charge is 0.450 e. The number of hydrogen-bond acceptors (Lipinski definition) is 9. The standard InChI is InChI=1S/C18H19Cl2N7O5/c1-2-32-18(29)26-7-5-25(6-8-26)16-14(27(30)31)15(21-10-22-16)23-24-17(28)12-4-3-11(19)9-13(12)20/h3-4,9-10H,2,5-8H2,1H3,(H,24,28)(H,21,22,23). The molecule has 2 aromatic rings. The minimum Gasteiger partial charge on any atom is -0.450 e. The zero-order valence-electron chi connectivity index (χ0n) is 16.9. The maximum atomic E-state index is 12.4. The van der Waals surface area contributed by atoms with Crippen LogP contribution in [-0.4, -0.2) is 64.6 Å². The van der Waals surface area contributed by atoms with Gasteiger partial charge in [0, 0.05) is 31.2 Å². The first-order valence-electron chi connectivity index (χ1n) is 9.49. The molecular formula is C18H19Cl2N7O5. The van der Waals surface area contributed by atoms with E-state index in [1.165, 1.54) is 23.1 Å². The van der Waals surface area contributed by atoms with Crippen molar-refractivity contribution in [2.75, 3.05) is 43.1 Å². The van der Waals surface area contributed by atoms with Gasteiger partial charge in [0.1, 0.15) is 6.33 Å². The minimum absolute atomic E-state index is 0.0646. The smallest absolute Gasteiger partial charge is 0.409 e. The number of anilines is 2. The van der Waals surface area contributed by atoms with E-state index in [1.54, 1.807) is 11.8 Å². The molecule has 0 unspecified atom stereocenters. The fraction of sp³-hybridized carbons (Fsp3) is 0.333. The lowest BCUT2D eigenvalue weighted by Crippen LogP contribution is -2.49. The van der Waals surface area contributed by atoms with Gasteiger partial charge in [-0.2, -0.15) is 0 Å². The van der Waals surface area contributed by atoms with E-state index in [4.69, 9.17) is 27.9 Å². The number of hydrogen-bond donors (Lipinski definition) is 2. The van der Waals surface area contributed by atoms with Crippen molar-refractivity contribution in [2.45, 2.75) is 6.92 Å². The van der Waals surface area contributed by atoms with Crippen molar-refractivity contribution in [3.8, 4) is 0 Å². The zero-order valence-corrected chi connectivity index (χ0v) is 18.4. The normalized spacial score (nSPS) is 13.5. The van der Waals surface area contributed by atoms with Crippen LogP contribution in [0.25, 0.3) is 0 Å². The molecular weight excluding hydrogens is 465 g/mol. The molecule has 170 valence electrons. The summed E-state index contributed by atoms with van der Waals surface area (Å²) in [6, 6.07) is 4.31. The van der Waals surface area contributed by atoms with Crippen LogP contribution in [0.2, 0.25) is 10.0 Å². The van der Waals surface area contributed by atoms with Gasteiger partial charge in [0.15, 0.2) is 0 Å². The minimum atomic E-state index is -0.642. The Kier molecular flexibility index (Phi) is 7.49. The number of benzene rings is 1. The van der Waals surface area contributed by atoms with Crippen molar-refractivity contribution in [1.82, 2.24) is 20.3 Å². The average Bonchev–Trinajstić information content (AvgIpc) is 2.77. The van der Waals surface area contributed by atoms with Crippen LogP contribution in [0.15, 0.2) is 24.5 Å². The highest BCUT2D eigenvalue weighted by Gasteiger charge is 2.31. The molecule has 2 heterocycles. The van der Waals surface area contributed by atoms with Crippen LogP contribution >= 0.6 is 23.2 Å². The Morgan fingerprint density at radius 1 is 1.22 bits per heavy atom. The summed E-state index contributed by atoms with van der Waals surface area (Å²) in [7, 11) is 0. The first-order valence-corrected chi connectivity index (χ1v) is 10.2. The maximum absolute atomic E-state index is 12.4. The highest BCUT2D eigenvalue weighted by molar-refractivity contribution is 6.36. The highest BCUT2D eigenvalue weighted by atomic mass is 35.5. The number of halogens is 2. The maximum Gasteiger partial charge on any atom is 0.409 e. The second-order valence-corrected chi connectivity index (χ2v) is 7.37. The van der Waals surface area contributed by atoms with E-state index in [2.05, 4.69) is 20.8 Å². The van der Waals surface area contributed by atoms with Crippen molar-refractivity contribution in [2.24, 2.45) is 0 Å². The summed E-state index contributed by atoms with van der Waals surface area (Å²) in [6.07, 6.45) is 0.708. The van der Waals surface area contributed by atoms with Gasteiger partial charge in [0.2, 0.25) is 11.6 Å². The third-order valence-electron chi connectivity index (χ3n) is 4.56. The monoisotopic (exact) mass is 483 g/mol. The lowest BCUT2D eigenvalue weighted by Gasteiger charge is -2.34. The van der Waals surface area contributed by atoms with E-state index < -0.39 is 22.6 Å². The second kappa shape index (κ2) is 10.3. The number of amides is 2. The van der Waals surface area contributed by atoms with Crippen molar-refractivity contribution in [1.29, 1.82) is 0 Å². The van der Waals surface area contributed by atoms with Crippen LogP contribution in [0.4, 0.5) is 22.1 Å². The molecule has 1 saturated heterocycles. The van der Waals surface area contributed by atoms with E-state index in [9.17, 15) is 19.7 Å². The van der Waals surface area contributed by atoms with Gasteiger partial charge < -0.3 is 14.5 Å². The summed E-state index contributed by atoms with van der Waals surface area (Å²) in [4.78, 5) is 46.5. The average molecular weight is 484 g/mol. The summed E-state index contributed by atoms with van der Waals surface area (Å²) >= 11 is 11.8. The lowest BCUT2D eigenvalue weighted by molar-refractivity contribution is -0.383. The van der Waals surface area contributed by atoms with E-state index in [0.29, 0.717) is 31.2 Å². The van der Waals surface area contributed by atoms with Crippen molar-refractivity contribution >= 4 is 52.5 Å². The highest BCUT2D eigenvalue weighted by Crippen LogP contribution is 2.32. The number of aromatic nitrogens is 2. The Balaban J connectivity index is 1.75. The molecule has 0 saturated carbocycles. The van der Waals surface area contributed by atoms with Crippen LogP contribution in [0, 0.1) is 10.1 Å². The number of nitro groups is 1. The topological polar surface area (TPSA) is 143 Å². The van der Waals surface area contributed by atoms with Gasteiger partial charge in [-0.25, -0.2) is 14.8 Å². The van der Waals surface area contributed by atoms with Gasteiger partial charge in [0.05, 0.1) is 22.1 Å². The van der Waals surface area contributed by atoms with Crippen molar-refractivity contribution in [3.05, 3.63) is 50.2 Å². The Hall–Kier alpha value is -3.38. The van der Waals surface area contributed by atoms with Gasteiger partial charge in [0.25, 0.3) is 5.91 Å². The first-order chi connectivity index (χ1) is 15.3. The van der Waals surface area contributed by atoms with Gasteiger partial charge in [-0.05, 0) is 25.1 Å². The number of rotatable bonds is 6. The third-order valence-corrected chi connectivity index (χ3v) is 5.11. The molecule has 0 atom stereocenters. The van der Waals surface area contributed by atoms with Crippen LogP contribution < -0.4 is 15.8 Å². The number of hydrazine groups is 1. The molecule has 1 aliphatic heterocycles. The van der Waals surface area contributed by atoms with Gasteiger partial charge >= 0.3 is 11.8 Å². The Bertz CT molecular complexity index is 1030. The van der Waals surface area contributed by atoms with Crippen LogP contribution in [-0.2, 0) is 4.74 Å². The first kappa shape index (κ1) is 23.3. The van der Waals surface area contributed by atoms with E-state index in [0.717, 1.165) is 6.33 Å². The molecule has 1 fully saturated rings. The quantitative estimate of drug-likeness (QED) is 0.467. The fourth-order valence-corrected chi connectivity index (χ4v) is 3.53. The van der Waals surface area contributed by atoms with Crippen molar-refractivity contribution in [3.63, 3.8) is 0 Å². The SMILES string of the molecule is CCOC(=O)N1CCN(c2ncnc(NNC(=O)c3ccc(Cl)cc3Cl)c2[N+](=O)[O-])CC1. The summed E-state index contributed by atoms with van der Waals surface area (Å²) in [5.41, 5.74) is 4.50. The Morgan fingerprint density at radius 3 is 2.56 bits per heavy atom. The molecule has 0 bridgehead atoms. The van der Waals surface area contributed by atoms with Crippen molar-refractivity contribution < 1.29 is 19.2 Å². The second-order valence-electron chi connectivity index (χ2n) is 6.53. The van der Waals surface area contributed by atoms with E-state index >= 15 is 0 Å². The van der Waals surface area contributed by atoms with Gasteiger partial charge in [-0.15, -0.1) is 0 Å². The number of carbonyl (C=O) groups is 2. The van der Waals surface area contributed by atoms with Gasteiger partial charge in [-0.1, -0.05) is 23.2 Å². The van der Waals surface area contributed by atoms with Gasteiger partial charge in [-0.3, -0.25) is 25.8 Å². The molecule has 1 aromatic carbocycles. The van der Waals surface area contributed by atoms with Crippen LogP contribution in [0.5, 0.6) is 0 Å². The number of piperazine rings is 1. The number of ether oxygens (including phenoxy) is 1. The molecule has 0 spiro atoms. The predicted octanol–water partition coefficient (Wildman–Crippen LogP) is 2.73. The predicted molar refractivity (Wildman–Crippen MR) is 117 cm³/mol. The molecule has 2 amide bonds. The summed E-state index contributed by atoms with van der Waals surface area (Å²) in [5, 5.41) is 12.3. The van der Waals surface area contributed by atoms with E-state index in [-0.39, 0.29) is 28.8 Å². The number of nitrogens with zero attached hydrogens (tertiary/aromatic N) is 5. The van der Waals surface area contributed by atoms with Crippen LogP contribution in [0.3, 0.4) is 0 Å². The number of nitrogens with one attached hydrogen (secondary N) is 2. The number of carbonyl (C=O) groups excluding carboxylic acids is 2. The summed E-state index contributed by atoms with van der Waals surface area (Å²) in [6.45, 7) is 3.22. The molecule has 12 nitrogen and oxygen atoms in total. The summed E-state index contributed by atoms with van der Waals surface area (Å²) in [5.74, 6) is -0.773.